The van der Waals surface area contributed by atoms with Crippen LogP contribution in [0.2, 0.25) is 0 Å². The van der Waals surface area contributed by atoms with Crippen molar-refractivity contribution < 1.29 is 28.7 Å². The van der Waals surface area contributed by atoms with Crippen molar-refractivity contribution in [1.29, 1.82) is 0 Å². The van der Waals surface area contributed by atoms with E-state index in [1.165, 1.54) is 0 Å². The minimum Gasteiger partial charge on any atom is -0.488 e. The van der Waals surface area contributed by atoms with Gasteiger partial charge >= 0.3 is 0 Å². The summed E-state index contributed by atoms with van der Waals surface area (Å²) in [6, 6.07) is 15.4. The summed E-state index contributed by atoms with van der Waals surface area (Å²) < 4.78 is 13.0. The number of nitrogens with zero attached hydrogens (tertiary/aromatic N) is 4. The molecule has 6 heterocycles. The summed E-state index contributed by atoms with van der Waals surface area (Å²) in [5, 5.41) is 6.01. The predicted octanol–water partition coefficient (Wildman–Crippen LogP) is 9.37. The van der Waals surface area contributed by atoms with Crippen molar-refractivity contribution in [2.75, 3.05) is 13.1 Å². The maximum absolute atomic E-state index is 14.3. The molecule has 4 atom stereocenters. The third-order valence-corrected chi connectivity index (χ3v) is 13.4. The number of hydrogen-bond donors (Lipinski definition) is 4. The highest BCUT2D eigenvalue weighted by Gasteiger charge is 2.40. The van der Waals surface area contributed by atoms with Crippen LogP contribution in [0.5, 0.6) is 11.5 Å². The average Bonchev–Trinajstić information content (AvgIpc) is 4.18. The summed E-state index contributed by atoms with van der Waals surface area (Å²) in [4.78, 5) is 75.3. The van der Waals surface area contributed by atoms with E-state index in [1.54, 1.807) is 17.2 Å². The maximum atomic E-state index is 14.3. The van der Waals surface area contributed by atoms with Crippen LogP contribution in [0.3, 0.4) is 0 Å². The van der Waals surface area contributed by atoms with Crippen LogP contribution in [-0.4, -0.2) is 72.5 Å². The standard InChI is InChI=1S/C55H62N8O6/c1-9-10-12-17-32(2)46(60-52(66)54(3,4)5)50(64)62-22-15-20-40(62)48-56-28-38(58-48)34-24-36-30-69-43-27-35(25-37-31-68-42(26-34)44(36)45(37)43)39-29-57-49(59-39)41-21-16-23-63(41)51(65)47(33-18-13-11-14-19-33)61-53(67)55(6,7)8/h9-14,17-19,24-29,40-41,46-47H,2,15-16,20-23,30-31H2,1,3-8H3,(H,56,58)(H,57,59)(H,60,66)(H,61,67)/b10-9-,17-12-/t40-,41-,46+,47+/m0/s1. The molecule has 4 aliphatic rings. The summed E-state index contributed by atoms with van der Waals surface area (Å²) in [7, 11) is 0. The van der Waals surface area contributed by atoms with Crippen molar-refractivity contribution in [3.05, 3.63) is 132 Å². The van der Waals surface area contributed by atoms with Crippen LogP contribution in [0.25, 0.3) is 33.6 Å². The summed E-state index contributed by atoms with van der Waals surface area (Å²) >= 11 is 0. The zero-order valence-electron chi connectivity index (χ0n) is 40.6. The fourth-order valence-corrected chi connectivity index (χ4v) is 9.59. The summed E-state index contributed by atoms with van der Waals surface area (Å²) in [6.07, 6.45) is 14.0. The predicted molar refractivity (Wildman–Crippen MR) is 264 cm³/mol. The number of H-pyrrole nitrogens is 2. The van der Waals surface area contributed by atoms with E-state index in [0.717, 1.165) is 87.5 Å². The van der Waals surface area contributed by atoms with Crippen LogP contribution in [0.1, 0.15) is 121 Å². The third kappa shape index (κ3) is 9.36. The minimum absolute atomic E-state index is 0.162. The van der Waals surface area contributed by atoms with Crippen LogP contribution in [-0.2, 0) is 32.4 Å². The Labute approximate surface area is 403 Å². The van der Waals surface area contributed by atoms with Gasteiger partial charge in [-0.2, -0.15) is 0 Å². The number of aromatic amines is 2. The molecular weight excluding hydrogens is 869 g/mol. The van der Waals surface area contributed by atoms with Gasteiger partial charge in [-0.3, -0.25) is 19.2 Å². The number of allylic oxidation sites excluding steroid dienone is 3. The molecule has 2 fully saturated rings. The van der Waals surface area contributed by atoms with Crippen molar-refractivity contribution in [1.82, 2.24) is 40.4 Å². The lowest BCUT2D eigenvalue weighted by Crippen LogP contribution is -2.51. The Hall–Kier alpha value is -7.22. The highest BCUT2D eigenvalue weighted by Crippen LogP contribution is 2.51. The van der Waals surface area contributed by atoms with E-state index in [-0.39, 0.29) is 35.7 Å². The molecule has 2 aromatic heterocycles. The number of amides is 4. The van der Waals surface area contributed by atoms with Crippen LogP contribution >= 0.6 is 0 Å². The van der Waals surface area contributed by atoms with E-state index in [9.17, 15) is 19.2 Å². The van der Waals surface area contributed by atoms with Gasteiger partial charge in [-0.05, 0) is 68.0 Å². The molecule has 14 nitrogen and oxygen atoms in total. The van der Waals surface area contributed by atoms with Gasteiger partial charge in [-0.25, -0.2) is 9.97 Å². The van der Waals surface area contributed by atoms with Crippen LogP contribution in [0, 0.1) is 10.8 Å². The number of likely N-dealkylation sites (tertiary alicyclic amines) is 2. The molecule has 0 aliphatic carbocycles. The minimum atomic E-state index is -0.922. The SMILES string of the molecule is C=C(/C=C\C=C/C)[C@@H](NC(=O)C(C)(C)C)C(=O)N1CCC[C@H]1c1ncc(-c2cc3c4c(c2)OCc2cc(-c5cnc([C@@H]6CCCN6C(=O)[C@H](NC(=O)C(C)(C)C)c6ccccc6)[nH]5)cc(c2-4)OC3)[nH]1. The molecule has 0 radical (unpaired) electrons. The smallest absolute Gasteiger partial charge is 0.250 e. The second-order valence-corrected chi connectivity index (χ2v) is 20.5. The number of aromatic nitrogens is 4. The number of carbonyl (C=O) groups is 4. The van der Waals surface area contributed by atoms with Gasteiger partial charge in [0.25, 0.3) is 0 Å². The first kappa shape index (κ1) is 46.9. The monoisotopic (exact) mass is 930 g/mol. The van der Waals surface area contributed by atoms with Crippen molar-refractivity contribution in [3.63, 3.8) is 0 Å². The molecule has 5 aromatic rings. The second kappa shape index (κ2) is 18.7. The van der Waals surface area contributed by atoms with Gasteiger partial charge < -0.3 is 39.9 Å². The van der Waals surface area contributed by atoms with Gasteiger partial charge in [-0.15, -0.1) is 0 Å². The fraction of sp³-hybridized carbons (Fsp3) is 0.382. The summed E-state index contributed by atoms with van der Waals surface area (Å²) in [6.45, 7) is 18.8. The normalized spacial score (nSPS) is 18.4. The highest BCUT2D eigenvalue weighted by molar-refractivity contribution is 5.93. The van der Waals surface area contributed by atoms with E-state index in [0.29, 0.717) is 43.5 Å². The topological polar surface area (TPSA) is 175 Å². The number of carbonyl (C=O) groups excluding carboxylic acids is 4. The third-order valence-electron chi connectivity index (χ3n) is 13.4. The molecule has 14 heteroatoms. The van der Waals surface area contributed by atoms with E-state index < -0.39 is 22.9 Å². The number of hydrogen-bond acceptors (Lipinski definition) is 8. The Morgan fingerprint density at radius 2 is 1.23 bits per heavy atom. The molecule has 69 heavy (non-hydrogen) atoms. The number of ether oxygens (including phenoxy) is 2. The first-order chi connectivity index (χ1) is 33.0. The molecule has 0 spiro atoms. The Bertz CT molecular complexity index is 2830. The highest BCUT2D eigenvalue weighted by atomic mass is 16.5. The molecule has 0 unspecified atom stereocenters. The average molecular weight is 931 g/mol. The van der Waals surface area contributed by atoms with Crippen LogP contribution in [0.15, 0.2) is 103 Å². The molecule has 4 amide bonds. The quantitative estimate of drug-likeness (QED) is 0.0896. The van der Waals surface area contributed by atoms with E-state index in [4.69, 9.17) is 19.4 Å². The number of nitrogens with one attached hydrogen (secondary N) is 4. The lowest BCUT2D eigenvalue weighted by Gasteiger charge is -2.31. The molecule has 9 rings (SSSR count). The van der Waals surface area contributed by atoms with Gasteiger partial charge in [0, 0.05) is 57.3 Å². The van der Waals surface area contributed by atoms with Crippen LogP contribution < -0.4 is 20.1 Å². The van der Waals surface area contributed by atoms with Crippen LogP contribution in [0.4, 0.5) is 0 Å². The Kier molecular flexibility index (Phi) is 12.7. The molecule has 4 aliphatic heterocycles. The summed E-state index contributed by atoms with van der Waals surface area (Å²) in [5.74, 6) is 2.06. The molecule has 3 aromatic carbocycles. The van der Waals surface area contributed by atoms with Crippen molar-refractivity contribution >= 4 is 23.6 Å². The number of imidazole rings is 2. The van der Waals surface area contributed by atoms with Crippen molar-refractivity contribution in [3.8, 4) is 45.1 Å². The Balaban J connectivity index is 0.934. The van der Waals surface area contributed by atoms with E-state index in [1.807, 2.05) is 120 Å². The lowest BCUT2D eigenvalue weighted by atomic mass is 9.87. The molecule has 4 N–H and O–H groups in total. The van der Waals surface area contributed by atoms with Crippen molar-refractivity contribution in [2.45, 2.75) is 112 Å². The second-order valence-electron chi connectivity index (χ2n) is 20.5. The zero-order valence-corrected chi connectivity index (χ0v) is 40.6. The molecular formula is C55H62N8O6. The Morgan fingerprint density at radius 3 is 1.74 bits per heavy atom. The largest absolute Gasteiger partial charge is 0.488 e. The first-order valence-corrected chi connectivity index (χ1v) is 24.0. The zero-order chi connectivity index (χ0) is 48.8. The van der Waals surface area contributed by atoms with Gasteiger partial charge in [0.15, 0.2) is 0 Å². The number of benzene rings is 3. The van der Waals surface area contributed by atoms with Crippen molar-refractivity contribution in [2.24, 2.45) is 10.8 Å². The first-order valence-electron chi connectivity index (χ1n) is 24.0. The lowest BCUT2D eigenvalue weighted by molar-refractivity contribution is -0.139. The van der Waals surface area contributed by atoms with Gasteiger partial charge in [-0.1, -0.05) is 103 Å². The molecule has 0 bridgehead atoms. The van der Waals surface area contributed by atoms with E-state index >= 15 is 0 Å². The van der Waals surface area contributed by atoms with Gasteiger partial charge in [0.1, 0.15) is 48.4 Å². The molecule has 0 saturated carbocycles. The Morgan fingerprint density at radius 1 is 0.725 bits per heavy atom. The summed E-state index contributed by atoms with van der Waals surface area (Å²) in [5.41, 5.74) is 7.23. The maximum Gasteiger partial charge on any atom is 0.250 e. The van der Waals surface area contributed by atoms with Gasteiger partial charge in [0.2, 0.25) is 23.6 Å². The molecule has 358 valence electrons. The van der Waals surface area contributed by atoms with Gasteiger partial charge in [0.05, 0.1) is 35.9 Å². The molecule has 2 saturated heterocycles. The fourth-order valence-electron chi connectivity index (χ4n) is 9.59. The number of rotatable bonds is 12. The van der Waals surface area contributed by atoms with E-state index in [2.05, 4.69) is 39.3 Å².